The smallest absolute Gasteiger partial charge is 0.288 e. The van der Waals surface area contributed by atoms with Crippen LogP contribution in [0.4, 0.5) is 0 Å². The van der Waals surface area contributed by atoms with E-state index >= 15 is 0 Å². The number of nitrogens with two attached hydrogens (primary N) is 1. The fraction of sp³-hybridized carbons (Fsp3) is 0.375. The Hall–Kier alpha value is -1.89. The molecule has 0 fully saturated rings. The van der Waals surface area contributed by atoms with Crippen LogP contribution in [0.5, 0.6) is 0 Å². The van der Waals surface area contributed by atoms with Crippen LogP contribution in [0.15, 0.2) is 12.4 Å². The second-order valence-corrected chi connectivity index (χ2v) is 3.16. The molecule has 4 N–H and O–H groups in total. The van der Waals surface area contributed by atoms with E-state index in [1.807, 2.05) is 6.08 Å². The topological polar surface area (TPSA) is 97.9 Å². The first-order valence-corrected chi connectivity index (χ1v) is 4.68. The maximum absolute atomic E-state index is 10.8. The molecule has 0 saturated heterocycles. The van der Waals surface area contributed by atoms with Crippen LogP contribution in [0.2, 0.25) is 0 Å². The summed E-state index contributed by atoms with van der Waals surface area (Å²) in [5.41, 5.74) is 11.0. The number of hydrazine groups is 1. The number of hydrogen-bond acceptors (Lipinski definition) is 5. The summed E-state index contributed by atoms with van der Waals surface area (Å²) in [5, 5.41) is 3.94. The first-order chi connectivity index (χ1) is 7.27. The second-order valence-electron chi connectivity index (χ2n) is 3.16. The van der Waals surface area contributed by atoms with Crippen molar-refractivity contribution in [2.45, 2.75) is 12.8 Å². The van der Waals surface area contributed by atoms with Gasteiger partial charge in [-0.15, -0.1) is 5.10 Å². The largest absolute Gasteiger partial charge is 0.363 e. The fourth-order valence-electron chi connectivity index (χ4n) is 1.28. The Kier molecular flexibility index (Phi) is 2.64. The van der Waals surface area contributed by atoms with E-state index in [0.29, 0.717) is 0 Å². The summed E-state index contributed by atoms with van der Waals surface area (Å²) >= 11 is 0. The number of aromatic nitrogens is 3. The molecule has 1 aliphatic heterocycles. The number of nitrogens with zero attached hydrogens (tertiary/aromatic N) is 3. The molecule has 0 radical (unpaired) electrons. The van der Waals surface area contributed by atoms with Gasteiger partial charge in [0.1, 0.15) is 12.1 Å². The van der Waals surface area contributed by atoms with Gasteiger partial charge in [-0.1, -0.05) is 0 Å². The molecule has 0 bridgehead atoms. The van der Waals surface area contributed by atoms with Gasteiger partial charge in [0.15, 0.2) is 0 Å². The molecule has 0 saturated carbocycles. The van der Waals surface area contributed by atoms with E-state index in [9.17, 15) is 4.79 Å². The van der Waals surface area contributed by atoms with E-state index in [1.165, 1.54) is 11.0 Å². The quantitative estimate of drug-likeness (QED) is 0.583. The Morgan fingerprint density at radius 1 is 1.60 bits per heavy atom. The second kappa shape index (κ2) is 4.09. The summed E-state index contributed by atoms with van der Waals surface area (Å²) in [6.07, 6.45) is 5.43. The Labute approximate surface area is 86.3 Å². The van der Waals surface area contributed by atoms with Crippen molar-refractivity contribution in [3.63, 3.8) is 0 Å². The normalized spacial score (nSPS) is 16.4. The minimum Gasteiger partial charge on any atom is -0.363 e. The average molecular weight is 208 g/mol. The number of amides is 1. The highest BCUT2D eigenvalue weighted by atomic mass is 16.1. The van der Waals surface area contributed by atoms with Crippen molar-refractivity contribution in [2.24, 2.45) is 5.73 Å². The van der Waals surface area contributed by atoms with Crippen LogP contribution in [0, 0.1) is 0 Å². The van der Waals surface area contributed by atoms with Gasteiger partial charge >= 0.3 is 0 Å². The van der Waals surface area contributed by atoms with Gasteiger partial charge in [0.25, 0.3) is 5.91 Å². The van der Waals surface area contributed by atoms with Crippen molar-refractivity contribution in [1.82, 2.24) is 25.6 Å². The first kappa shape index (κ1) is 9.66. The van der Waals surface area contributed by atoms with Crippen LogP contribution in [0.1, 0.15) is 23.5 Å². The summed E-state index contributed by atoms with van der Waals surface area (Å²) in [6, 6.07) is 0. The Morgan fingerprint density at radius 3 is 3.20 bits per heavy atom. The van der Waals surface area contributed by atoms with Crippen LogP contribution in [0.3, 0.4) is 0 Å². The molecule has 0 atom stereocenters. The van der Waals surface area contributed by atoms with E-state index in [1.54, 1.807) is 0 Å². The van der Waals surface area contributed by atoms with Crippen LogP contribution in [-0.2, 0) is 0 Å². The van der Waals surface area contributed by atoms with Crippen molar-refractivity contribution in [3.8, 4) is 0 Å². The maximum atomic E-state index is 10.8. The summed E-state index contributed by atoms with van der Waals surface area (Å²) in [5.74, 6) is 0.144. The molecule has 1 aromatic heterocycles. The number of carbonyl (C=O) groups excluding carboxylic acids is 1. The molecule has 1 aromatic rings. The molecule has 1 amide bonds. The molecule has 0 aromatic carbocycles. The maximum Gasteiger partial charge on any atom is 0.288 e. The lowest BCUT2D eigenvalue weighted by molar-refractivity contribution is 0.0990. The lowest BCUT2D eigenvalue weighted by atomic mass is 10.3. The zero-order chi connectivity index (χ0) is 10.7. The molecule has 0 spiro atoms. The molecule has 0 aliphatic carbocycles. The molecule has 2 heterocycles. The van der Waals surface area contributed by atoms with Crippen molar-refractivity contribution in [2.75, 3.05) is 6.54 Å². The highest BCUT2D eigenvalue weighted by molar-refractivity contribution is 5.88. The van der Waals surface area contributed by atoms with Gasteiger partial charge in [-0.2, -0.15) is 0 Å². The standard InChI is InChI=1S/C8H12N6O/c9-7(15)8-10-5-14(13-8)6-3-1-2-4-11-12-6/h3,5,11-12H,1-2,4H2,(H2,9,15). The molecular formula is C8H12N6O. The average Bonchev–Trinajstić information content (AvgIpc) is 2.55. The van der Waals surface area contributed by atoms with Gasteiger partial charge in [0, 0.05) is 6.54 Å². The Morgan fingerprint density at radius 2 is 2.47 bits per heavy atom. The van der Waals surface area contributed by atoms with Crippen molar-refractivity contribution in [3.05, 3.63) is 18.2 Å². The third-order valence-electron chi connectivity index (χ3n) is 2.02. The van der Waals surface area contributed by atoms with Gasteiger partial charge in [-0.3, -0.25) is 4.79 Å². The zero-order valence-corrected chi connectivity index (χ0v) is 8.10. The van der Waals surface area contributed by atoms with Gasteiger partial charge in [0.2, 0.25) is 5.82 Å². The fourth-order valence-corrected chi connectivity index (χ4v) is 1.28. The molecular weight excluding hydrogens is 196 g/mol. The number of nitrogens with one attached hydrogen (secondary N) is 2. The molecule has 7 nitrogen and oxygen atoms in total. The highest BCUT2D eigenvalue weighted by Gasteiger charge is 2.09. The van der Waals surface area contributed by atoms with E-state index < -0.39 is 5.91 Å². The number of primary amides is 1. The number of rotatable bonds is 2. The van der Waals surface area contributed by atoms with Gasteiger partial charge in [-0.05, 0) is 18.9 Å². The highest BCUT2D eigenvalue weighted by Crippen LogP contribution is 2.03. The van der Waals surface area contributed by atoms with Crippen LogP contribution >= 0.6 is 0 Å². The lowest BCUT2D eigenvalue weighted by Gasteiger charge is -2.07. The Balaban J connectivity index is 2.20. The molecule has 80 valence electrons. The summed E-state index contributed by atoms with van der Waals surface area (Å²) < 4.78 is 1.48. The van der Waals surface area contributed by atoms with Gasteiger partial charge in [-0.25, -0.2) is 15.1 Å². The van der Waals surface area contributed by atoms with Crippen molar-refractivity contribution >= 4 is 11.7 Å². The first-order valence-electron chi connectivity index (χ1n) is 4.68. The van der Waals surface area contributed by atoms with Gasteiger partial charge in [0.05, 0.1) is 0 Å². The van der Waals surface area contributed by atoms with E-state index in [4.69, 9.17) is 5.73 Å². The summed E-state index contributed by atoms with van der Waals surface area (Å²) in [4.78, 5) is 14.6. The lowest BCUT2D eigenvalue weighted by Crippen LogP contribution is -2.31. The SMILES string of the molecule is NC(=O)c1ncn(C2=CCCCNN2)n1. The predicted molar refractivity (Wildman–Crippen MR) is 53.2 cm³/mol. The zero-order valence-electron chi connectivity index (χ0n) is 8.10. The monoisotopic (exact) mass is 208 g/mol. The molecule has 2 rings (SSSR count). The molecule has 1 aliphatic rings. The van der Waals surface area contributed by atoms with Crippen LogP contribution in [-0.4, -0.2) is 27.2 Å². The number of allylic oxidation sites excluding steroid dienone is 1. The van der Waals surface area contributed by atoms with Crippen molar-refractivity contribution < 1.29 is 4.79 Å². The molecule has 0 unspecified atom stereocenters. The minimum atomic E-state index is -0.629. The molecule has 15 heavy (non-hydrogen) atoms. The minimum absolute atomic E-state index is 0.0157. The number of carbonyl (C=O) groups is 1. The summed E-state index contributed by atoms with van der Waals surface area (Å²) in [7, 11) is 0. The number of hydrogen-bond donors (Lipinski definition) is 3. The van der Waals surface area contributed by atoms with Gasteiger partial charge < -0.3 is 11.2 Å². The summed E-state index contributed by atoms with van der Waals surface area (Å²) in [6.45, 7) is 0.886. The molecule has 7 heteroatoms. The van der Waals surface area contributed by atoms with Crippen LogP contribution in [0.25, 0.3) is 5.82 Å². The van der Waals surface area contributed by atoms with E-state index in [-0.39, 0.29) is 5.82 Å². The van der Waals surface area contributed by atoms with Crippen molar-refractivity contribution in [1.29, 1.82) is 0 Å². The van der Waals surface area contributed by atoms with E-state index in [2.05, 4.69) is 20.9 Å². The third kappa shape index (κ3) is 2.13. The van der Waals surface area contributed by atoms with E-state index in [0.717, 1.165) is 25.2 Å². The van der Waals surface area contributed by atoms with Crippen LogP contribution < -0.4 is 16.6 Å². The Bertz CT molecular complexity index is 396. The third-order valence-corrected chi connectivity index (χ3v) is 2.02. The predicted octanol–water partition coefficient (Wildman–Crippen LogP) is -0.937.